The van der Waals surface area contributed by atoms with Crippen LogP contribution in [0, 0.1) is 5.92 Å². The minimum Gasteiger partial charge on any atom is -0.389 e. The van der Waals surface area contributed by atoms with Gasteiger partial charge in [0, 0.05) is 32.2 Å². The van der Waals surface area contributed by atoms with Gasteiger partial charge in [-0.2, -0.15) is 0 Å². The van der Waals surface area contributed by atoms with Crippen molar-refractivity contribution in [1.29, 1.82) is 0 Å². The van der Waals surface area contributed by atoms with Crippen molar-refractivity contribution < 1.29 is 9.84 Å². The molecule has 2 heterocycles. The SMILES string of the molecule is Cn1cc(CC(C)(O)C2CCOC2)nn1. The van der Waals surface area contributed by atoms with Crippen molar-refractivity contribution in [3.63, 3.8) is 0 Å². The Morgan fingerprint density at radius 1 is 1.73 bits per heavy atom. The van der Waals surface area contributed by atoms with Gasteiger partial charge in [0.15, 0.2) is 0 Å². The van der Waals surface area contributed by atoms with E-state index in [0.717, 1.165) is 18.7 Å². The fourth-order valence-corrected chi connectivity index (χ4v) is 2.01. The Morgan fingerprint density at radius 2 is 2.53 bits per heavy atom. The molecule has 1 aliphatic heterocycles. The lowest BCUT2D eigenvalue weighted by molar-refractivity contribution is -0.00532. The van der Waals surface area contributed by atoms with Crippen molar-refractivity contribution in [3.8, 4) is 0 Å². The summed E-state index contributed by atoms with van der Waals surface area (Å²) in [6.45, 7) is 3.25. The summed E-state index contributed by atoms with van der Waals surface area (Å²) in [5.74, 6) is 0.208. The van der Waals surface area contributed by atoms with Gasteiger partial charge >= 0.3 is 0 Å². The smallest absolute Gasteiger partial charge is 0.0855 e. The molecular weight excluding hydrogens is 194 g/mol. The standard InChI is InChI=1S/C10H17N3O2/c1-10(14,8-3-4-15-7-8)5-9-6-13(2)12-11-9/h6,8,14H,3-5,7H2,1-2H3. The minimum absolute atomic E-state index is 0.208. The lowest BCUT2D eigenvalue weighted by atomic mass is 9.85. The van der Waals surface area contributed by atoms with Gasteiger partial charge in [0.2, 0.25) is 0 Å². The highest BCUT2D eigenvalue weighted by atomic mass is 16.5. The maximum atomic E-state index is 10.3. The zero-order chi connectivity index (χ0) is 10.9. The van der Waals surface area contributed by atoms with Crippen LogP contribution in [0.1, 0.15) is 19.0 Å². The molecule has 2 rings (SSSR count). The summed E-state index contributed by atoms with van der Waals surface area (Å²) in [6, 6.07) is 0. The van der Waals surface area contributed by atoms with Crippen LogP contribution in [0.4, 0.5) is 0 Å². The number of aryl methyl sites for hydroxylation is 1. The molecule has 5 heteroatoms. The number of hydrogen-bond donors (Lipinski definition) is 1. The molecule has 0 amide bonds. The first-order chi connectivity index (χ1) is 7.08. The van der Waals surface area contributed by atoms with Gasteiger partial charge in [0.1, 0.15) is 0 Å². The van der Waals surface area contributed by atoms with Crippen LogP contribution in [-0.4, -0.2) is 38.9 Å². The summed E-state index contributed by atoms with van der Waals surface area (Å²) in [5.41, 5.74) is 0.0846. The first-order valence-corrected chi connectivity index (χ1v) is 5.23. The number of nitrogens with zero attached hydrogens (tertiary/aromatic N) is 3. The molecule has 0 aromatic carbocycles. The number of aliphatic hydroxyl groups is 1. The summed E-state index contributed by atoms with van der Waals surface area (Å²) in [6.07, 6.45) is 3.30. The molecule has 2 unspecified atom stereocenters. The highest BCUT2D eigenvalue weighted by Gasteiger charge is 2.35. The Labute approximate surface area is 89.0 Å². The molecule has 5 nitrogen and oxygen atoms in total. The molecule has 1 saturated heterocycles. The lowest BCUT2D eigenvalue weighted by Gasteiger charge is -2.27. The summed E-state index contributed by atoms with van der Waals surface area (Å²) in [4.78, 5) is 0. The van der Waals surface area contributed by atoms with Gasteiger partial charge in [0.25, 0.3) is 0 Å². The third kappa shape index (κ3) is 2.35. The second kappa shape index (κ2) is 3.90. The Balaban J connectivity index is 2.02. The Hall–Kier alpha value is -0.940. The van der Waals surface area contributed by atoms with Gasteiger partial charge in [-0.15, -0.1) is 5.10 Å². The van der Waals surface area contributed by atoms with E-state index in [9.17, 15) is 5.11 Å². The van der Waals surface area contributed by atoms with Gasteiger partial charge in [-0.25, -0.2) is 0 Å². The Morgan fingerprint density at radius 3 is 3.07 bits per heavy atom. The fraction of sp³-hybridized carbons (Fsp3) is 0.800. The van der Waals surface area contributed by atoms with Crippen LogP contribution < -0.4 is 0 Å². The van der Waals surface area contributed by atoms with Crippen LogP contribution in [0.5, 0.6) is 0 Å². The van der Waals surface area contributed by atoms with Crippen molar-refractivity contribution >= 4 is 0 Å². The summed E-state index contributed by atoms with van der Waals surface area (Å²) in [7, 11) is 1.82. The molecule has 0 saturated carbocycles. The molecule has 0 spiro atoms. The van der Waals surface area contributed by atoms with E-state index in [4.69, 9.17) is 4.74 Å². The van der Waals surface area contributed by atoms with Crippen LogP contribution >= 0.6 is 0 Å². The highest BCUT2D eigenvalue weighted by Crippen LogP contribution is 2.28. The molecule has 0 aliphatic carbocycles. The average Bonchev–Trinajstić information content (AvgIpc) is 2.75. The van der Waals surface area contributed by atoms with Crippen molar-refractivity contribution in [2.75, 3.05) is 13.2 Å². The first kappa shape index (κ1) is 10.6. The van der Waals surface area contributed by atoms with E-state index in [1.807, 2.05) is 20.2 Å². The summed E-state index contributed by atoms with van der Waals surface area (Å²) in [5, 5.41) is 18.2. The second-order valence-corrected chi connectivity index (χ2v) is 4.48. The Kier molecular flexibility index (Phi) is 2.75. The third-order valence-electron chi connectivity index (χ3n) is 3.00. The predicted octanol–water partition coefficient (Wildman–Crippen LogP) is 0.145. The molecule has 1 N–H and O–H groups in total. The van der Waals surface area contributed by atoms with Crippen LogP contribution in [0.15, 0.2) is 6.20 Å². The van der Waals surface area contributed by atoms with Gasteiger partial charge in [-0.1, -0.05) is 5.21 Å². The zero-order valence-electron chi connectivity index (χ0n) is 9.18. The van der Waals surface area contributed by atoms with E-state index in [1.165, 1.54) is 0 Å². The van der Waals surface area contributed by atoms with Gasteiger partial charge < -0.3 is 9.84 Å². The maximum Gasteiger partial charge on any atom is 0.0855 e. The topological polar surface area (TPSA) is 60.2 Å². The molecule has 1 fully saturated rings. The van der Waals surface area contributed by atoms with Crippen molar-refractivity contribution in [2.45, 2.75) is 25.4 Å². The molecule has 1 aromatic heterocycles. The molecule has 1 aliphatic rings. The Bertz CT molecular complexity index is 329. The quantitative estimate of drug-likeness (QED) is 0.773. The molecule has 1 aromatic rings. The minimum atomic E-state index is -0.744. The molecule has 0 bridgehead atoms. The van der Waals surface area contributed by atoms with Gasteiger partial charge in [-0.3, -0.25) is 4.68 Å². The number of hydrogen-bond acceptors (Lipinski definition) is 4. The van der Waals surface area contributed by atoms with Crippen LogP contribution in [0.25, 0.3) is 0 Å². The van der Waals surface area contributed by atoms with Crippen LogP contribution in [-0.2, 0) is 18.2 Å². The van der Waals surface area contributed by atoms with Gasteiger partial charge in [0.05, 0.1) is 17.9 Å². The predicted molar refractivity (Wildman–Crippen MR) is 54.3 cm³/mol. The van der Waals surface area contributed by atoms with E-state index >= 15 is 0 Å². The highest BCUT2D eigenvalue weighted by molar-refractivity contribution is 5.00. The fourth-order valence-electron chi connectivity index (χ4n) is 2.01. The first-order valence-electron chi connectivity index (χ1n) is 5.23. The third-order valence-corrected chi connectivity index (χ3v) is 3.00. The monoisotopic (exact) mass is 211 g/mol. The van der Waals surface area contributed by atoms with E-state index in [-0.39, 0.29) is 5.92 Å². The van der Waals surface area contributed by atoms with Crippen molar-refractivity contribution in [3.05, 3.63) is 11.9 Å². The van der Waals surface area contributed by atoms with E-state index in [2.05, 4.69) is 10.3 Å². The molecule has 15 heavy (non-hydrogen) atoms. The summed E-state index contributed by atoms with van der Waals surface area (Å²) < 4.78 is 6.93. The normalized spacial score (nSPS) is 25.4. The van der Waals surface area contributed by atoms with Gasteiger partial charge in [-0.05, 0) is 13.3 Å². The van der Waals surface area contributed by atoms with Crippen LogP contribution in [0.3, 0.4) is 0 Å². The van der Waals surface area contributed by atoms with E-state index in [0.29, 0.717) is 13.0 Å². The summed E-state index contributed by atoms with van der Waals surface area (Å²) >= 11 is 0. The number of ether oxygens (including phenoxy) is 1. The lowest BCUT2D eigenvalue weighted by Crippen LogP contribution is -2.37. The largest absolute Gasteiger partial charge is 0.389 e. The molecule has 84 valence electrons. The maximum absolute atomic E-state index is 10.3. The molecule has 0 radical (unpaired) electrons. The number of aromatic nitrogens is 3. The van der Waals surface area contributed by atoms with Crippen molar-refractivity contribution in [2.24, 2.45) is 13.0 Å². The van der Waals surface area contributed by atoms with Crippen molar-refractivity contribution in [1.82, 2.24) is 15.0 Å². The van der Waals surface area contributed by atoms with Crippen LogP contribution in [0.2, 0.25) is 0 Å². The molecule has 2 atom stereocenters. The average molecular weight is 211 g/mol. The second-order valence-electron chi connectivity index (χ2n) is 4.48. The zero-order valence-corrected chi connectivity index (χ0v) is 9.18. The number of rotatable bonds is 3. The molecular formula is C10H17N3O2. The van der Waals surface area contributed by atoms with E-state index < -0.39 is 5.60 Å². The van der Waals surface area contributed by atoms with E-state index in [1.54, 1.807) is 4.68 Å².